The first-order chi connectivity index (χ1) is 15.1. The van der Waals surface area contributed by atoms with E-state index >= 15 is 0 Å². The molecule has 3 rings (SSSR count). The molecule has 3 aromatic rings. The van der Waals surface area contributed by atoms with E-state index in [-0.39, 0.29) is 30.1 Å². The zero-order valence-corrected chi connectivity index (χ0v) is 19.7. The number of benzene rings is 2. The van der Waals surface area contributed by atoms with Crippen molar-refractivity contribution in [3.05, 3.63) is 58.9 Å². The van der Waals surface area contributed by atoms with E-state index in [9.17, 15) is 17.6 Å². The van der Waals surface area contributed by atoms with Crippen LogP contribution in [-0.4, -0.2) is 31.1 Å². The van der Waals surface area contributed by atoms with Crippen LogP contribution in [0.4, 0.5) is 10.1 Å². The zero-order chi connectivity index (χ0) is 23.3. The summed E-state index contributed by atoms with van der Waals surface area (Å²) in [6.45, 7) is 3.71. The Hall–Kier alpha value is -2.63. The maximum absolute atomic E-state index is 14.3. The third-order valence-electron chi connectivity index (χ3n) is 4.25. The number of anilines is 1. The summed E-state index contributed by atoms with van der Waals surface area (Å²) in [6.07, 6.45) is 0.115. The minimum atomic E-state index is -4.02. The molecule has 0 saturated carbocycles. The van der Waals surface area contributed by atoms with Crippen LogP contribution in [-0.2, 0) is 14.8 Å². The fourth-order valence-corrected chi connectivity index (χ4v) is 5.72. The Morgan fingerprint density at radius 2 is 2.03 bits per heavy atom. The number of hydrogen-bond donors (Lipinski definition) is 2. The Morgan fingerprint density at radius 1 is 1.25 bits per heavy atom. The maximum Gasteiger partial charge on any atom is 0.303 e. The number of aryl methyl sites for hydroxylation is 2. The first-order valence-electron chi connectivity index (χ1n) is 9.51. The standard InChI is InChI=1S/C21H21FN2O5S3/c1-13-10-15(31-21-23-14(2)12-30-21)5-7-18(13)24-32(27,28)16-6-8-19(17(22)11-16)29-9-3-4-20(25)26/h5-8,10-12,24H,3-4,9H2,1-2H3,(H,25,26). The van der Waals surface area contributed by atoms with Gasteiger partial charge >= 0.3 is 5.97 Å². The molecule has 1 aromatic heterocycles. The van der Waals surface area contributed by atoms with Crippen LogP contribution in [0.25, 0.3) is 0 Å². The van der Waals surface area contributed by atoms with Gasteiger partial charge in [0.1, 0.15) is 0 Å². The molecular formula is C21H21FN2O5S3. The molecule has 0 aliphatic heterocycles. The van der Waals surface area contributed by atoms with E-state index in [1.807, 2.05) is 18.4 Å². The van der Waals surface area contributed by atoms with Crippen molar-refractivity contribution in [2.45, 2.75) is 40.8 Å². The molecule has 0 unspecified atom stereocenters. The molecule has 170 valence electrons. The molecular weight excluding hydrogens is 475 g/mol. The lowest BCUT2D eigenvalue weighted by atomic mass is 10.2. The lowest BCUT2D eigenvalue weighted by Crippen LogP contribution is -2.14. The summed E-state index contributed by atoms with van der Waals surface area (Å²) in [5, 5.41) is 10.6. The molecule has 0 aliphatic rings. The SMILES string of the molecule is Cc1csc(Sc2ccc(NS(=O)(=O)c3ccc(OCCCC(=O)O)c(F)c3)c(C)c2)n1. The molecule has 0 atom stereocenters. The van der Waals surface area contributed by atoms with Crippen LogP contribution in [0.15, 0.2) is 55.9 Å². The molecule has 32 heavy (non-hydrogen) atoms. The van der Waals surface area contributed by atoms with Crippen molar-refractivity contribution in [3.8, 4) is 5.75 Å². The Kier molecular flexibility index (Phi) is 7.75. The van der Waals surface area contributed by atoms with Crippen LogP contribution in [0.1, 0.15) is 24.1 Å². The van der Waals surface area contributed by atoms with E-state index in [1.165, 1.54) is 35.2 Å². The first-order valence-corrected chi connectivity index (χ1v) is 12.7. The van der Waals surface area contributed by atoms with Crippen LogP contribution in [0, 0.1) is 19.7 Å². The number of carboxylic acids is 1. The predicted octanol–water partition coefficient (Wildman–Crippen LogP) is 5.09. The van der Waals surface area contributed by atoms with Crippen molar-refractivity contribution in [2.24, 2.45) is 0 Å². The van der Waals surface area contributed by atoms with E-state index in [0.717, 1.165) is 21.0 Å². The fourth-order valence-electron chi connectivity index (χ4n) is 2.67. The Morgan fingerprint density at radius 3 is 2.66 bits per heavy atom. The summed E-state index contributed by atoms with van der Waals surface area (Å²) in [4.78, 5) is 15.6. The second-order valence-corrected chi connectivity index (χ2v) is 10.7. The van der Waals surface area contributed by atoms with Gasteiger partial charge in [0.2, 0.25) is 0 Å². The highest BCUT2D eigenvalue weighted by Crippen LogP contribution is 2.33. The summed E-state index contributed by atoms with van der Waals surface area (Å²) < 4.78 is 48.4. The van der Waals surface area contributed by atoms with Crippen LogP contribution in [0.2, 0.25) is 0 Å². The van der Waals surface area contributed by atoms with Gasteiger partial charge in [-0.2, -0.15) is 0 Å². The molecule has 2 aromatic carbocycles. The number of nitrogens with one attached hydrogen (secondary N) is 1. The number of aliphatic carboxylic acids is 1. The van der Waals surface area contributed by atoms with Gasteiger partial charge in [-0.05, 0) is 62.2 Å². The fraction of sp³-hybridized carbons (Fsp3) is 0.238. The molecule has 0 fully saturated rings. The van der Waals surface area contributed by atoms with Gasteiger partial charge in [-0.1, -0.05) is 11.8 Å². The van der Waals surface area contributed by atoms with E-state index in [4.69, 9.17) is 9.84 Å². The van der Waals surface area contributed by atoms with Gasteiger partial charge in [0.25, 0.3) is 10.0 Å². The number of aromatic nitrogens is 1. The molecule has 11 heteroatoms. The van der Waals surface area contributed by atoms with Crippen molar-refractivity contribution in [3.63, 3.8) is 0 Å². The van der Waals surface area contributed by atoms with Gasteiger partial charge in [-0.25, -0.2) is 17.8 Å². The lowest BCUT2D eigenvalue weighted by Gasteiger charge is -2.13. The summed E-state index contributed by atoms with van der Waals surface area (Å²) in [6, 6.07) is 8.63. The molecule has 0 radical (unpaired) electrons. The Bertz CT molecular complexity index is 1230. The number of carboxylic acid groups (broad SMARTS) is 1. The minimum Gasteiger partial charge on any atom is -0.491 e. The van der Waals surface area contributed by atoms with Gasteiger partial charge in [-0.3, -0.25) is 9.52 Å². The van der Waals surface area contributed by atoms with Crippen LogP contribution in [0.3, 0.4) is 0 Å². The second kappa shape index (κ2) is 10.3. The third kappa shape index (κ3) is 6.44. The van der Waals surface area contributed by atoms with Gasteiger partial charge in [0, 0.05) is 22.4 Å². The maximum atomic E-state index is 14.3. The normalized spacial score (nSPS) is 11.3. The van der Waals surface area contributed by atoms with E-state index < -0.39 is 21.8 Å². The quantitative estimate of drug-likeness (QED) is 0.376. The van der Waals surface area contributed by atoms with Crippen molar-refractivity contribution in [1.29, 1.82) is 0 Å². The predicted molar refractivity (Wildman–Crippen MR) is 122 cm³/mol. The molecule has 0 amide bonds. The lowest BCUT2D eigenvalue weighted by molar-refractivity contribution is -0.137. The molecule has 0 saturated heterocycles. The van der Waals surface area contributed by atoms with E-state index in [0.29, 0.717) is 11.3 Å². The monoisotopic (exact) mass is 496 g/mol. The second-order valence-electron chi connectivity index (χ2n) is 6.88. The highest BCUT2D eigenvalue weighted by Gasteiger charge is 2.18. The van der Waals surface area contributed by atoms with Crippen LogP contribution in [0.5, 0.6) is 5.75 Å². The summed E-state index contributed by atoms with van der Waals surface area (Å²) in [5.41, 5.74) is 2.05. The third-order valence-corrected chi connectivity index (χ3v) is 7.66. The van der Waals surface area contributed by atoms with Crippen molar-refractivity contribution < 1.29 is 27.4 Å². The van der Waals surface area contributed by atoms with Gasteiger partial charge < -0.3 is 9.84 Å². The van der Waals surface area contributed by atoms with Crippen molar-refractivity contribution in [1.82, 2.24) is 4.98 Å². The van der Waals surface area contributed by atoms with Crippen molar-refractivity contribution in [2.75, 3.05) is 11.3 Å². The molecule has 7 nitrogen and oxygen atoms in total. The highest BCUT2D eigenvalue weighted by atomic mass is 32.2. The molecule has 0 bridgehead atoms. The Balaban J connectivity index is 1.68. The van der Waals surface area contributed by atoms with Gasteiger partial charge in [-0.15, -0.1) is 11.3 Å². The molecule has 2 N–H and O–H groups in total. The average Bonchev–Trinajstić information content (AvgIpc) is 3.12. The van der Waals surface area contributed by atoms with Gasteiger partial charge in [0.15, 0.2) is 15.9 Å². The number of thiazole rings is 1. The van der Waals surface area contributed by atoms with Crippen LogP contribution >= 0.6 is 23.1 Å². The smallest absolute Gasteiger partial charge is 0.303 e. The summed E-state index contributed by atoms with van der Waals surface area (Å²) in [7, 11) is -4.02. The number of ether oxygens (including phenoxy) is 1. The zero-order valence-electron chi connectivity index (χ0n) is 17.3. The number of hydrogen-bond acceptors (Lipinski definition) is 7. The largest absolute Gasteiger partial charge is 0.491 e. The number of nitrogens with zero attached hydrogens (tertiary/aromatic N) is 1. The summed E-state index contributed by atoms with van der Waals surface area (Å²) >= 11 is 3.03. The number of rotatable bonds is 10. The molecule has 0 aliphatic carbocycles. The average molecular weight is 497 g/mol. The number of halogens is 1. The molecule has 0 spiro atoms. The van der Waals surface area contributed by atoms with Gasteiger partial charge in [0.05, 0.1) is 17.2 Å². The van der Waals surface area contributed by atoms with Crippen LogP contribution < -0.4 is 9.46 Å². The topological polar surface area (TPSA) is 106 Å². The Labute approximate surface area is 193 Å². The van der Waals surface area contributed by atoms with Crippen molar-refractivity contribution >= 4 is 44.8 Å². The van der Waals surface area contributed by atoms with E-state index in [1.54, 1.807) is 19.1 Å². The van der Waals surface area contributed by atoms with E-state index in [2.05, 4.69) is 9.71 Å². The first kappa shape index (κ1) is 24.0. The number of carbonyl (C=O) groups is 1. The minimum absolute atomic E-state index is 0.0116. The number of sulfonamides is 1. The molecule has 1 heterocycles. The summed E-state index contributed by atoms with van der Waals surface area (Å²) in [5.74, 6) is -1.95. The highest BCUT2D eigenvalue weighted by molar-refractivity contribution is 8.01.